The van der Waals surface area contributed by atoms with E-state index >= 15 is 0 Å². The summed E-state index contributed by atoms with van der Waals surface area (Å²) < 4.78 is 10.3. The van der Waals surface area contributed by atoms with E-state index in [1.54, 1.807) is 7.11 Å². The van der Waals surface area contributed by atoms with Crippen molar-refractivity contribution in [3.05, 3.63) is 0 Å². The molecule has 0 fully saturated rings. The molecule has 23 heavy (non-hydrogen) atoms. The second kappa shape index (κ2) is 15.5. The molecule has 0 radical (unpaired) electrons. The van der Waals surface area contributed by atoms with Gasteiger partial charge in [0.25, 0.3) is 0 Å². The molecule has 0 aliphatic rings. The third-order valence-corrected chi connectivity index (χ3v) is 3.25. The van der Waals surface area contributed by atoms with Crippen molar-refractivity contribution in [1.82, 2.24) is 0 Å². The quantitative estimate of drug-likeness (QED) is 0.385. The number of ether oxygens (including phenoxy) is 2. The van der Waals surface area contributed by atoms with Crippen molar-refractivity contribution in [2.45, 2.75) is 78.2 Å². The standard InChI is InChI=1S/C16H28O6.CH4.H2/c1-13(17)7-5-8-14(9-6-10-15(18)19)22-16(20)11-3-4-12-21-2;;/h14H,3-12H2,1-2H3,(H,18,19);1H4;1H/i;;1+1. The second-order valence-electron chi connectivity index (χ2n) is 5.44. The smallest absolute Gasteiger partial charge is 0.306 e. The van der Waals surface area contributed by atoms with Crippen LogP contribution in [0, 0.1) is 0 Å². The first kappa shape index (κ1) is 23.8. The number of methoxy groups -OCH3 is 1. The third-order valence-electron chi connectivity index (χ3n) is 3.25. The number of unbranched alkanes of at least 4 members (excludes halogenated alkanes) is 1. The molecule has 0 bridgehead atoms. The van der Waals surface area contributed by atoms with Crippen LogP contribution in [0.2, 0.25) is 0 Å². The van der Waals surface area contributed by atoms with Gasteiger partial charge in [-0.25, -0.2) is 0 Å². The molecular formula is C17H34O6. The monoisotopic (exact) mass is 335 g/mol. The predicted molar refractivity (Wildman–Crippen MR) is 90.5 cm³/mol. The molecule has 0 aromatic heterocycles. The molecule has 0 rings (SSSR count). The average Bonchev–Trinajstić information content (AvgIpc) is 2.42. The molecule has 1 N–H and O–H groups in total. The summed E-state index contributed by atoms with van der Waals surface area (Å²) in [5.74, 6) is -1.01. The fourth-order valence-electron chi connectivity index (χ4n) is 2.08. The minimum absolute atomic E-state index is 0. The van der Waals surface area contributed by atoms with Gasteiger partial charge in [0.1, 0.15) is 11.9 Å². The number of rotatable bonds is 14. The minimum atomic E-state index is -0.853. The van der Waals surface area contributed by atoms with Gasteiger partial charge in [0.2, 0.25) is 0 Å². The van der Waals surface area contributed by atoms with Gasteiger partial charge in [-0.1, -0.05) is 7.43 Å². The summed E-state index contributed by atoms with van der Waals surface area (Å²) in [7, 11) is 1.62. The minimum Gasteiger partial charge on any atom is -0.481 e. The highest BCUT2D eigenvalue weighted by molar-refractivity contribution is 5.75. The van der Waals surface area contributed by atoms with Crippen molar-refractivity contribution in [2.75, 3.05) is 13.7 Å². The largest absolute Gasteiger partial charge is 0.481 e. The molecule has 0 saturated heterocycles. The SMILES string of the molecule is C.COCCCCC(=O)OC(CCCC(C)=O)CCCC(=O)O.[2HH]. The van der Waals surface area contributed by atoms with E-state index in [9.17, 15) is 14.4 Å². The van der Waals surface area contributed by atoms with Gasteiger partial charge in [-0.2, -0.15) is 0 Å². The highest BCUT2D eigenvalue weighted by atomic mass is 16.5. The first-order valence-electron chi connectivity index (χ1n) is 7.85. The van der Waals surface area contributed by atoms with Crippen molar-refractivity contribution in [2.24, 2.45) is 0 Å². The number of aliphatic carboxylic acids is 1. The van der Waals surface area contributed by atoms with Gasteiger partial charge in [-0.15, -0.1) is 0 Å². The van der Waals surface area contributed by atoms with Crippen LogP contribution in [0.15, 0.2) is 0 Å². The van der Waals surface area contributed by atoms with E-state index in [4.69, 9.17) is 14.6 Å². The molecule has 138 valence electrons. The van der Waals surface area contributed by atoms with E-state index in [1.807, 2.05) is 0 Å². The topological polar surface area (TPSA) is 89.9 Å². The zero-order valence-corrected chi connectivity index (χ0v) is 13.6. The Kier molecular flexibility index (Phi) is 16.0. The van der Waals surface area contributed by atoms with Crippen molar-refractivity contribution in [3.63, 3.8) is 0 Å². The first-order chi connectivity index (χ1) is 10.5. The van der Waals surface area contributed by atoms with Crippen LogP contribution in [0.1, 0.15) is 73.6 Å². The fourth-order valence-corrected chi connectivity index (χ4v) is 2.08. The summed E-state index contributed by atoms with van der Waals surface area (Å²) in [5.41, 5.74) is 0. The maximum Gasteiger partial charge on any atom is 0.306 e. The van der Waals surface area contributed by atoms with E-state index in [1.165, 1.54) is 6.92 Å². The van der Waals surface area contributed by atoms with Crippen molar-refractivity contribution in [3.8, 4) is 0 Å². The van der Waals surface area contributed by atoms with E-state index in [0.717, 1.165) is 6.42 Å². The fraction of sp³-hybridized carbons (Fsp3) is 0.824. The Morgan fingerprint density at radius 3 is 2.13 bits per heavy atom. The Bertz CT molecular complexity index is 326. The maximum atomic E-state index is 11.8. The summed E-state index contributed by atoms with van der Waals surface area (Å²) in [6.45, 7) is 2.15. The molecule has 0 aromatic carbocycles. The lowest BCUT2D eigenvalue weighted by molar-refractivity contribution is -0.150. The van der Waals surface area contributed by atoms with Crippen LogP contribution < -0.4 is 0 Å². The predicted octanol–water partition coefficient (Wildman–Crippen LogP) is 3.61. The number of carbonyl (C=O) groups is 3. The van der Waals surface area contributed by atoms with Gasteiger partial charge in [0.15, 0.2) is 0 Å². The number of carbonyl (C=O) groups excluding carboxylic acids is 2. The Hall–Kier alpha value is -1.43. The Morgan fingerprint density at radius 1 is 1.00 bits per heavy atom. The molecular weight excluding hydrogens is 300 g/mol. The molecule has 1 atom stereocenters. The highest BCUT2D eigenvalue weighted by Crippen LogP contribution is 2.14. The van der Waals surface area contributed by atoms with Crippen LogP contribution in [-0.2, 0) is 23.9 Å². The van der Waals surface area contributed by atoms with Gasteiger partial charge < -0.3 is 19.4 Å². The number of hydrogen-bond acceptors (Lipinski definition) is 5. The first-order valence-corrected chi connectivity index (χ1v) is 7.85. The highest BCUT2D eigenvalue weighted by Gasteiger charge is 2.15. The van der Waals surface area contributed by atoms with Crippen LogP contribution in [0.5, 0.6) is 0 Å². The molecule has 1 unspecified atom stereocenters. The lowest BCUT2D eigenvalue weighted by atomic mass is 10.0. The number of carboxylic acid groups (broad SMARTS) is 1. The number of ketones is 1. The van der Waals surface area contributed by atoms with E-state index in [2.05, 4.69) is 0 Å². The van der Waals surface area contributed by atoms with Crippen LogP contribution in [0.4, 0.5) is 0 Å². The van der Waals surface area contributed by atoms with Crippen LogP contribution in [-0.4, -0.2) is 42.6 Å². The molecule has 0 aliphatic carbocycles. The zero-order valence-electron chi connectivity index (χ0n) is 13.6. The second-order valence-corrected chi connectivity index (χ2v) is 5.44. The van der Waals surface area contributed by atoms with Crippen LogP contribution in [0.25, 0.3) is 0 Å². The Morgan fingerprint density at radius 2 is 1.61 bits per heavy atom. The average molecular weight is 335 g/mol. The number of carboxylic acids is 1. The molecule has 6 heteroatoms. The Balaban J connectivity index is -0.00000220. The van der Waals surface area contributed by atoms with E-state index in [0.29, 0.717) is 51.6 Å². The summed E-state index contributed by atoms with van der Waals surface area (Å²) in [5, 5.41) is 8.66. The number of esters is 1. The van der Waals surface area contributed by atoms with Crippen molar-refractivity contribution >= 4 is 17.7 Å². The maximum absolute atomic E-state index is 11.8. The van der Waals surface area contributed by atoms with Gasteiger partial charge in [-0.3, -0.25) is 9.59 Å². The van der Waals surface area contributed by atoms with E-state index < -0.39 is 5.97 Å². The van der Waals surface area contributed by atoms with Crippen molar-refractivity contribution in [1.29, 1.82) is 0 Å². The normalized spacial score (nSPS) is 11.4. The third kappa shape index (κ3) is 16.8. The van der Waals surface area contributed by atoms with Gasteiger partial charge in [0, 0.05) is 34.4 Å². The zero-order chi connectivity index (χ0) is 16.8. The number of hydrogen-bond donors (Lipinski definition) is 1. The molecule has 6 nitrogen and oxygen atoms in total. The number of Topliss-reactive ketones (excluding diaryl/α,β-unsaturated/α-hetero) is 1. The Labute approximate surface area is 141 Å². The lowest BCUT2D eigenvalue weighted by Crippen LogP contribution is -2.19. The lowest BCUT2D eigenvalue weighted by Gasteiger charge is -2.17. The van der Waals surface area contributed by atoms with Crippen LogP contribution in [0.3, 0.4) is 0 Å². The van der Waals surface area contributed by atoms with Gasteiger partial charge >= 0.3 is 11.9 Å². The molecule has 0 aliphatic heterocycles. The molecule has 0 aromatic rings. The van der Waals surface area contributed by atoms with Gasteiger partial charge in [0.05, 0.1) is 0 Å². The molecule has 0 amide bonds. The van der Waals surface area contributed by atoms with E-state index in [-0.39, 0.29) is 33.1 Å². The molecule has 0 saturated carbocycles. The molecule has 0 spiro atoms. The summed E-state index contributed by atoms with van der Waals surface area (Å²) in [6.07, 6.45) is 4.33. The van der Waals surface area contributed by atoms with Crippen LogP contribution >= 0.6 is 0 Å². The van der Waals surface area contributed by atoms with Gasteiger partial charge in [-0.05, 0) is 45.4 Å². The van der Waals surface area contributed by atoms with Crippen molar-refractivity contribution < 1.29 is 30.4 Å². The molecule has 0 heterocycles. The summed E-state index contributed by atoms with van der Waals surface area (Å²) >= 11 is 0. The summed E-state index contributed by atoms with van der Waals surface area (Å²) in [4.78, 5) is 33.3. The summed E-state index contributed by atoms with van der Waals surface area (Å²) in [6, 6.07) is 0.